The number of Topliss-reactive ketones (excluding diaryl/α,β-unsaturated/α-hetero) is 1. The van der Waals surface area contributed by atoms with Crippen LogP contribution in [0.2, 0.25) is 0 Å². The number of hydrogen-bond acceptors (Lipinski definition) is 10. The predicted molar refractivity (Wildman–Crippen MR) is 138 cm³/mol. The first-order valence-corrected chi connectivity index (χ1v) is 12.6. The van der Waals surface area contributed by atoms with Gasteiger partial charge in [0.2, 0.25) is 0 Å². The van der Waals surface area contributed by atoms with Gasteiger partial charge in [0.25, 0.3) is 17.6 Å². The van der Waals surface area contributed by atoms with Gasteiger partial charge in [-0.3, -0.25) is 14.4 Å². The van der Waals surface area contributed by atoms with Gasteiger partial charge in [0.05, 0.1) is 41.4 Å². The Labute approximate surface area is 222 Å². The summed E-state index contributed by atoms with van der Waals surface area (Å²) in [7, 11) is 0. The first kappa shape index (κ1) is 24.8. The van der Waals surface area contributed by atoms with E-state index < -0.39 is 17.5 Å². The van der Waals surface area contributed by atoms with Crippen LogP contribution >= 0.6 is 0 Å². The second kappa shape index (κ2) is 10.3. The minimum absolute atomic E-state index is 0.00108. The molecule has 13 nitrogen and oxygen atoms in total. The molecule has 0 spiro atoms. The van der Waals surface area contributed by atoms with Gasteiger partial charge in [0.1, 0.15) is 5.82 Å². The lowest BCUT2D eigenvalue weighted by molar-refractivity contribution is -0.126. The average Bonchev–Trinajstić information content (AvgIpc) is 3.68. The maximum Gasteiger partial charge on any atom is 0.295 e. The molecule has 0 atom stereocenters. The number of aromatic nitrogens is 3. The van der Waals surface area contributed by atoms with Gasteiger partial charge in [-0.15, -0.1) is 5.53 Å². The molecule has 3 aromatic heterocycles. The molecular weight excluding hydrogens is 509 g/mol. The molecule has 3 aliphatic rings. The summed E-state index contributed by atoms with van der Waals surface area (Å²) in [6, 6.07) is 3.48. The smallest absolute Gasteiger partial charge is 0.295 e. The standard InChI is InChI=1S/C25H26FN9O4/c26-18-15-29-23(35-5-4-30-31-35)20-19(18)17(14-28-20)21(36)25(38)33-8-6-32(7-9-33)22-16(2-1-3-27-22)24(37)34-10-12-39-13-11-34/h1-5,14-15,28,30-31H,6-13H2. The number of piperazine rings is 1. The Morgan fingerprint density at radius 2 is 1.74 bits per heavy atom. The fraction of sp³-hybridized carbons (Fsp3) is 0.320. The lowest BCUT2D eigenvalue weighted by Crippen LogP contribution is -2.51. The molecule has 0 aliphatic carbocycles. The molecule has 14 heteroatoms. The number of H-pyrrole nitrogens is 1. The van der Waals surface area contributed by atoms with Gasteiger partial charge in [-0.25, -0.2) is 19.4 Å². The number of rotatable bonds is 5. The van der Waals surface area contributed by atoms with Crippen molar-refractivity contribution < 1.29 is 23.5 Å². The largest absolute Gasteiger partial charge is 0.378 e. The lowest BCUT2D eigenvalue weighted by Gasteiger charge is -2.36. The number of carbonyl (C=O) groups is 3. The zero-order chi connectivity index (χ0) is 26.9. The summed E-state index contributed by atoms with van der Waals surface area (Å²) < 4.78 is 20.2. The Bertz CT molecular complexity index is 1460. The van der Waals surface area contributed by atoms with Gasteiger partial charge in [0, 0.05) is 64.1 Å². The molecule has 3 aliphatic heterocycles. The molecule has 0 radical (unpaired) electrons. The van der Waals surface area contributed by atoms with E-state index >= 15 is 0 Å². The minimum atomic E-state index is -0.810. The van der Waals surface area contributed by atoms with Gasteiger partial charge in [-0.2, -0.15) is 0 Å². The van der Waals surface area contributed by atoms with E-state index in [1.54, 1.807) is 35.6 Å². The molecular formula is C25H26FN9O4. The molecule has 2 saturated heterocycles. The summed E-state index contributed by atoms with van der Waals surface area (Å²) in [5, 5.41) is 1.52. The topological polar surface area (TPSA) is 139 Å². The number of pyridine rings is 2. The monoisotopic (exact) mass is 535 g/mol. The Morgan fingerprint density at radius 3 is 2.49 bits per heavy atom. The number of halogens is 1. The third-order valence-corrected chi connectivity index (χ3v) is 6.98. The third kappa shape index (κ3) is 4.53. The molecule has 6 rings (SSSR count). The number of nitrogens with zero attached hydrogens (tertiary/aromatic N) is 6. The maximum absolute atomic E-state index is 14.8. The number of hydrogen-bond donors (Lipinski definition) is 3. The van der Waals surface area contributed by atoms with Crippen molar-refractivity contribution in [3.8, 4) is 0 Å². The van der Waals surface area contributed by atoms with Gasteiger partial charge < -0.3 is 29.8 Å². The summed E-state index contributed by atoms with van der Waals surface area (Å²) in [4.78, 5) is 56.1. The summed E-state index contributed by atoms with van der Waals surface area (Å²) in [6.45, 7) is 3.30. The van der Waals surface area contributed by atoms with Crippen molar-refractivity contribution in [2.24, 2.45) is 0 Å². The molecule has 3 N–H and O–H groups in total. The van der Waals surface area contributed by atoms with E-state index in [2.05, 4.69) is 25.9 Å². The second-order valence-electron chi connectivity index (χ2n) is 9.21. The van der Waals surface area contributed by atoms with Gasteiger partial charge in [-0.05, 0) is 12.1 Å². The number of morpholine rings is 1. The number of fused-ring (bicyclic) bond motifs is 1. The molecule has 2 fully saturated rings. The van der Waals surface area contributed by atoms with E-state index in [0.717, 1.165) is 6.20 Å². The zero-order valence-corrected chi connectivity index (χ0v) is 20.9. The molecule has 39 heavy (non-hydrogen) atoms. The Kier molecular flexibility index (Phi) is 6.54. The quantitative estimate of drug-likeness (QED) is 0.311. The van der Waals surface area contributed by atoms with Crippen molar-refractivity contribution in [1.29, 1.82) is 0 Å². The van der Waals surface area contributed by atoms with Crippen LogP contribution in [0.15, 0.2) is 43.1 Å². The fourth-order valence-electron chi connectivity index (χ4n) is 4.97. The van der Waals surface area contributed by atoms with Crippen molar-refractivity contribution >= 4 is 40.1 Å². The van der Waals surface area contributed by atoms with Crippen LogP contribution in [-0.4, -0.2) is 94.8 Å². The highest BCUT2D eigenvalue weighted by atomic mass is 19.1. The van der Waals surface area contributed by atoms with Crippen LogP contribution < -0.4 is 20.9 Å². The first-order chi connectivity index (χ1) is 19.0. The predicted octanol–water partition coefficient (Wildman–Crippen LogP) is 0.401. The van der Waals surface area contributed by atoms with Crippen molar-refractivity contribution in [3.05, 3.63) is 60.1 Å². The van der Waals surface area contributed by atoms with Crippen LogP contribution in [0.1, 0.15) is 20.7 Å². The van der Waals surface area contributed by atoms with Crippen molar-refractivity contribution in [2.75, 3.05) is 62.4 Å². The molecule has 0 bridgehead atoms. The van der Waals surface area contributed by atoms with E-state index in [9.17, 15) is 18.8 Å². The molecule has 202 valence electrons. The van der Waals surface area contributed by atoms with Crippen LogP contribution in [0, 0.1) is 5.82 Å². The Balaban J connectivity index is 1.17. The summed E-state index contributed by atoms with van der Waals surface area (Å²) in [5.74, 6) is -1.47. The Hall–Kier alpha value is -4.56. The molecule has 2 amide bonds. The van der Waals surface area contributed by atoms with E-state index in [1.165, 1.54) is 16.1 Å². The van der Waals surface area contributed by atoms with Crippen molar-refractivity contribution in [3.63, 3.8) is 0 Å². The normalized spacial score (nSPS) is 17.6. The van der Waals surface area contributed by atoms with E-state index in [4.69, 9.17) is 4.74 Å². The average molecular weight is 536 g/mol. The fourth-order valence-corrected chi connectivity index (χ4v) is 4.97. The number of anilines is 2. The van der Waals surface area contributed by atoms with Crippen molar-refractivity contribution in [1.82, 2.24) is 35.7 Å². The van der Waals surface area contributed by atoms with E-state index in [0.29, 0.717) is 56.6 Å². The summed E-state index contributed by atoms with van der Waals surface area (Å²) >= 11 is 0. The highest BCUT2D eigenvalue weighted by molar-refractivity contribution is 6.45. The summed E-state index contributed by atoms with van der Waals surface area (Å²) in [6.07, 6.45) is 7.25. The summed E-state index contributed by atoms with van der Waals surface area (Å²) in [5.41, 5.74) is 6.30. The Morgan fingerprint density at radius 1 is 0.949 bits per heavy atom. The number of amides is 2. The van der Waals surface area contributed by atoms with Gasteiger partial charge >= 0.3 is 0 Å². The van der Waals surface area contributed by atoms with Crippen LogP contribution in [0.4, 0.5) is 16.0 Å². The number of carbonyl (C=O) groups excluding carboxylic acids is 3. The number of ketones is 1. The molecule has 0 unspecified atom stereocenters. The third-order valence-electron chi connectivity index (χ3n) is 6.98. The van der Waals surface area contributed by atoms with E-state index in [-0.39, 0.29) is 35.5 Å². The maximum atomic E-state index is 14.8. The first-order valence-electron chi connectivity index (χ1n) is 12.6. The highest BCUT2D eigenvalue weighted by Gasteiger charge is 2.32. The number of nitrogens with one attached hydrogen (secondary N) is 3. The highest BCUT2D eigenvalue weighted by Crippen LogP contribution is 2.29. The number of hydrazine groups is 2. The second-order valence-corrected chi connectivity index (χ2v) is 9.21. The molecule has 0 aromatic carbocycles. The SMILES string of the molecule is O=C(C(=O)N1CCN(c2ncccc2C(=O)N2CCOCC2)CC1)c1c[nH]c2c(N3C=CNN3)ncc(F)c12. The van der Waals surface area contributed by atoms with E-state index in [1.807, 2.05) is 4.90 Å². The number of aromatic amines is 1. The van der Waals surface area contributed by atoms with Gasteiger partial charge in [-0.1, -0.05) is 0 Å². The molecule has 3 aromatic rings. The van der Waals surface area contributed by atoms with Gasteiger partial charge in [0.15, 0.2) is 11.6 Å². The van der Waals surface area contributed by atoms with Crippen molar-refractivity contribution in [2.45, 2.75) is 0 Å². The lowest BCUT2D eigenvalue weighted by atomic mass is 10.1. The minimum Gasteiger partial charge on any atom is -0.378 e. The number of ether oxygens (including phenoxy) is 1. The van der Waals surface area contributed by atoms with Crippen LogP contribution in [0.5, 0.6) is 0 Å². The molecule has 0 saturated carbocycles. The van der Waals surface area contributed by atoms with Crippen LogP contribution in [-0.2, 0) is 9.53 Å². The zero-order valence-electron chi connectivity index (χ0n) is 20.9. The molecule has 6 heterocycles. The van der Waals surface area contributed by atoms with Crippen LogP contribution in [0.3, 0.4) is 0 Å². The van der Waals surface area contributed by atoms with Crippen LogP contribution in [0.25, 0.3) is 10.9 Å².